The summed E-state index contributed by atoms with van der Waals surface area (Å²) in [5.41, 5.74) is 3.95. The molecule has 0 spiro atoms. The van der Waals surface area contributed by atoms with Crippen LogP contribution in [-0.2, 0) is 13.0 Å². The number of rotatable bonds is 3. The number of fused-ring (bicyclic) bond motifs is 1. The van der Waals surface area contributed by atoms with Crippen LogP contribution in [0.1, 0.15) is 11.3 Å². The molecule has 5 heteroatoms. The summed E-state index contributed by atoms with van der Waals surface area (Å²) < 4.78 is 5.32. The molecule has 5 nitrogen and oxygen atoms in total. The molecule has 3 aromatic rings. The van der Waals surface area contributed by atoms with Gasteiger partial charge in [0.25, 0.3) is 0 Å². The minimum absolute atomic E-state index is 0.113. The number of amides is 2. The second-order valence-corrected chi connectivity index (χ2v) is 5.73. The van der Waals surface area contributed by atoms with Crippen LogP contribution in [0.2, 0.25) is 0 Å². The van der Waals surface area contributed by atoms with Gasteiger partial charge in [-0.1, -0.05) is 53.7 Å². The molecule has 2 amide bonds. The van der Waals surface area contributed by atoms with Crippen LogP contribution in [0.5, 0.6) is 0 Å². The molecule has 1 aliphatic heterocycles. The topological polar surface area (TPSA) is 58.4 Å². The van der Waals surface area contributed by atoms with E-state index in [4.69, 9.17) is 4.52 Å². The first-order valence-corrected chi connectivity index (χ1v) is 7.95. The third kappa shape index (κ3) is 2.76. The van der Waals surface area contributed by atoms with Crippen molar-refractivity contribution in [2.24, 2.45) is 0 Å². The molecule has 0 unspecified atom stereocenters. The van der Waals surface area contributed by atoms with Gasteiger partial charge in [0.15, 0.2) is 5.76 Å². The number of benzene rings is 2. The predicted octanol–water partition coefficient (Wildman–Crippen LogP) is 3.61. The Morgan fingerprint density at radius 1 is 1.12 bits per heavy atom. The van der Waals surface area contributed by atoms with Crippen LogP contribution in [0.25, 0.3) is 11.3 Å². The smallest absolute Gasteiger partial charge is 0.322 e. The number of hydrogen-bond donors (Lipinski definition) is 1. The van der Waals surface area contributed by atoms with Crippen LogP contribution < -0.4 is 10.2 Å². The maximum absolute atomic E-state index is 12.4. The van der Waals surface area contributed by atoms with Crippen molar-refractivity contribution < 1.29 is 9.32 Å². The van der Waals surface area contributed by atoms with E-state index in [9.17, 15) is 4.79 Å². The molecule has 4 rings (SSSR count). The number of aromatic nitrogens is 1. The summed E-state index contributed by atoms with van der Waals surface area (Å²) >= 11 is 0. The van der Waals surface area contributed by atoms with Crippen molar-refractivity contribution in [3.8, 4) is 11.3 Å². The van der Waals surface area contributed by atoms with Gasteiger partial charge in [-0.2, -0.15) is 0 Å². The number of para-hydroxylation sites is 1. The Bertz CT molecular complexity index is 858. The number of nitrogens with zero attached hydrogens (tertiary/aromatic N) is 2. The van der Waals surface area contributed by atoms with E-state index in [1.54, 1.807) is 4.90 Å². The average molecular weight is 319 g/mol. The Morgan fingerprint density at radius 3 is 2.79 bits per heavy atom. The van der Waals surface area contributed by atoms with Gasteiger partial charge in [-0.05, 0) is 18.1 Å². The molecule has 2 heterocycles. The fourth-order valence-electron chi connectivity index (χ4n) is 2.95. The van der Waals surface area contributed by atoms with Crippen LogP contribution in [0.4, 0.5) is 10.5 Å². The van der Waals surface area contributed by atoms with Crippen molar-refractivity contribution in [1.29, 1.82) is 0 Å². The quantitative estimate of drug-likeness (QED) is 0.802. The molecule has 0 saturated heterocycles. The molecule has 0 fully saturated rings. The van der Waals surface area contributed by atoms with E-state index in [0.29, 0.717) is 18.8 Å². The predicted molar refractivity (Wildman–Crippen MR) is 91.7 cm³/mol. The van der Waals surface area contributed by atoms with Crippen LogP contribution >= 0.6 is 0 Å². The minimum Gasteiger partial charge on any atom is -0.359 e. The second-order valence-electron chi connectivity index (χ2n) is 5.73. The molecule has 0 atom stereocenters. The van der Waals surface area contributed by atoms with Gasteiger partial charge in [0, 0.05) is 23.9 Å². The fourth-order valence-corrected chi connectivity index (χ4v) is 2.95. The number of hydrogen-bond acceptors (Lipinski definition) is 3. The summed E-state index contributed by atoms with van der Waals surface area (Å²) in [4.78, 5) is 14.2. The van der Waals surface area contributed by atoms with Gasteiger partial charge in [-0.3, -0.25) is 4.90 Å². The Kier molecular flexibility index (Phi) is 3.75. The first-order chi connectivity index (χ1) is 11.8. The highest BCUT2D eigenvalue weighted by atomic mass is 16.5. The minimum atomic E-state index is -0.113. The Hall–Kier alpha value is -3.08. The fraction of sp³-hybridized carbons (Fsp3) is 0.158. The highest BCUT2D eigenvalue weighted by Crippen LogP contribution is 2.27. The van der Waals surface area contributed by atoms with Gasteiger partial charge in [0.1, 0.15) is 5.69 Å². The van der Waals surface area contributed by atoms with Crippen molar-refractivity contribution in [2.45, 2.75) is 13.0 Å². The van der Waals surface area contributed by atoms with Crippen LogP contribution in [0, 0.1) is 0 Å². The van der Waals surface area contributed by atoms with Crippen molar-refractivity contribution in [1.82, 2.24) is 10.5 Å². The van der Waals surface area contributed by atoms with E-state index >= 15 is 0 Å². The zero-order valence-electron chi connectivity index (χ0n) is 13.1. The summed E-state index contributed by atoms with van der Waals surface area (Å²) in [6.07, 6.45) is 0.893. The second kappa shape index (κ2) is 6.20. The van der Waals surface area contributed by atoms with E-state index in [0.717, 1.165) is 23.4 Å². The van der Waals surface area contributed by atoms with Crippen molar-refractivity contribution in [2.75, 3.05) is 11.4 Å². The summed E-state index contributed by atoms with van der Waals surface area (Å²) in [7, 11) is 0. The molecular formula is C19H17N3O2. The summed E-state index contributed by atoms with van der Waals surface area (Å²) in [5.74, 6) is 0.634. The normalized spacial score (nSPS) is 12.9. The number of anilines is 1. The van der Waals surface area contributed by atoms with Crippen LogP contribution in [0.3, 0.4) is 0 Å². The highest BCUT2D eigenvalue weighted by Gasteiger charge is 2.24. The molecular weight excluding hydrogens is 302 g/mol. The lowest BCUT2D eigenvalue weighted by atomic mass is 10.1. The van der Waals surface area contributed by atoms with Gasteiger partial charge in [-0.25, -0.2) is 4.79 Å². The number of nitrogens with one attached hydrogen (secondary N) is 1. The van der Waals surface area contributed by atoms with E-state index in [-0.39, 0.29) is 6.03 Å². The lowest BCUT2D eigenvalue weighted by molar-refractivity contribution is 0.244. The molecule has 24 heavy (non-hydrogen) atoms. The molecule has 0 bridgehead atoms. The first-order valence-electron chi connectivity index (χ1n) is 7.95. The lowest BCUT2D eigenvalue weighted by Crippen LogP contribution is -2.38. The summed E-state index contributed by atoms with van der Waals surface area (Å²) in [6.45, 7) is 1.02. The van der Waals surface area contributed by atoms with Crippen molar-refractivity contribution in [3.63, 3.8) is 0 Å². The summed E-state index contributed by atoms with van der Waals surface area (Å²) in [6, 6.07) is 19.5. The molecule has 0 aliphatic carbocycles. The van der Waals surface area contributed by atoms with E-state index in [1.807, 2.05) is 54.6 Å². The van der Waals surface area contributed by atoms with Crippen molar-refractivity contribution in [3.05, 3.63) is 72.0 Å². The van der Waals surface area contributed by atoms with Gasteiger partial charge >= 0.3 is 6.03 Å². The van der Waals surface area contributed by atoms with Crippen LogP contribution in [0.15, 0.2) is 65.2 Å². The van der Waals surface area contributed by atoms with Gasteiger partial charge < -0.3 is 9.84 Å². The molecule has 0 radical (unpaired) electrons. The van der Waals surface area contributed by atoms with Crippen molar-refractivity contribution >= 4 is 11.7 Å². The highest BCUT2D eigenvalue weighted by molar-refractivity contribution is 5.94. The molecule has 1 aliphatic rings. The van der Waals surface area contributed by atoms with E-state index < -0.39 is 0 Å². The third-order valence-electron chi connectivity index (χ3n) is 4.17. The Morgan fingerprint density at radius 2 is 1.92 bits per heavy atom. The zero-order chi connectivity index (χ0) is 16.4. The van der Waals surface area contributed by atoms with Gasteiger partial charge in [0.2, 0.25) is 0 Å². The average Bonchev–Trinajstić information content (AvgIpc) is 3.27. The standard InChI is InChI=1S/C19H17N3O2/c23-19(22-11-10-15-8-4-5-9-18(15)22)20-13-16-12-17(21-24-16)14-6-2-1-3-7-14/h1-9,12H,10-11,13H2,(H,20,23). The summed E-state index contributed by atoms with van der Waals surface area (Å²) in [5, 5.41) is 6.96. The van der Waals surface area contributed by atoms with Gasteiger partial charge in [0.05, 0.1) is 6.54 Å². The third-order valence-corrected chi connectivity index (χ3v) is 4.17. The molecule has 1 N–H and O–H groups in total. The molecule has 2 aromatic carbocycles. The SMILES string of the molecule is O=C(NCc1cc(-c2ccccc2)no1)N1CCc2ccccc21. The zero-order valence-corrected chi connectivity index (χ0v) is 13.1. The molecule has 1 aromatic heterocycles. The first kappa shape index (κ1) is 14.5. The Labute approximate surface area is 139 Å². The molecule has 120 valence electrons. The van der Waals surface area contributed by atoms with E-state index in [1.165, 1.54) is 5.56 Å². The van der Waals surface area contributed by atoms with Gasteiger partial charge in [-0.15, -0.1) is 0 Å². The number of urea groups is 1. The largest absolute Gasteiger partial charge is 0.359 e. The van der Waals surface area contributed by atoms with Crippen LogP contribution in [-0.4, -0.2) is 17.7 Å². The molecule has 0 saturated carbocycles. The maximum atomic E-state index is 12.4. The Balaban J connectivity index is 1.41. The monoisotopic (exact) mass is 319 g/mol. The lowest BCUT2D eigenvalue weighted by Gasteiger charge is -2.17. The maximum Gasteiger partial charge on any atom is 0.322 e. The van der Waals surface area contributed by atoms with E-state index in [2.05, 4.69) is 16.5 Å². The number of carbonyl (C=O) groups excluding carboxylic acids is 1. The number of carbonyl (C=O) groups is 1.